The molecular formula is C11H10N4O4. The van der Waals surface area contributed by atoms with Crippen molar-refractivity contribution in [3.63, 3.8) is 0 Å². The third-order valence-corrected chi connectivity index (χ3v) is 2.65. The Bertz CT molecular complexity index is 633. The number of benzene rings is 1. The lowest BCUT2D eigenvalue weighted by molar-refractivity contribution is -0.389. The Balaban J connectivity index is 2.21. The maximum atomic E-state index is 10.6. The second-order valence-corrected chi connectivity index (χ2v) is 3.95. The van der Waals surface area contributed by atoms with Gasteiger partial charge in [0.15, 0.2) is 0 Å². The van der Waals surface area contributed by atoms with Crippen molar-refractivity contribution in [3.05, 3.63) is 62.1 Å². The molecule has 1 heterocycles. The number of hydrogen-bond donors (Lipinski definition) is 0. The molecule has 2 aromatic rings. The summed E-state index contributed by atoms with van der Waals surface area (Å²) in [5.41, 5.74) is 0.818. The van der Waals surface area contributed by atoms with Crippen LogP contribution in [0.5, 0.6) is 0 Å². The van der Waals surface area contributed by atoms with E-state index in [9.17, 15) is 20.2 Å². The van der Waals surface area contributed by atoms with Gasteiger partial charge < -0.3 is 14.7 Å². The van der Waals surface area contributed by atoms with Crippen LogP contribution >= 0.6 is 0 Å². The summed E-state index contributed by atoms with van der Waals surface area (Å²) in [6.45, 7) is 2.04. The lowest BCUT2D eigenvalue weighted by atomic mass is 10.2. The predicted molar refractivity (Wildman–Crippen MR) is 65.8 cm³/mol. The molecular weight excluding hydrogens is 252 g/mol. The molecule has 0 radical (unpaired) electrons. The van der Waals surface area contributed by atoms with Gasteiger partial charge in [0.25, 0.3) is 5.69 Å². The zero-order valence-electron chi connectivity index (χ0n) is 10.0. The molecule has 98 valence electrons. The van der Waals surface area contributed by atoms with Crippen LogP contribution in [0.15, 0.2) is 30.5 Å². The number of hydrogen-bond acceptors (Lipinski definition) is 5. The topological polar surface area (TPSA) is 104 Å². The Kier molecular flexibility index (Phi) is 3.23. The Morgan fingerprint density at radius 3 is 2.26 bits per heavy atom. The maximum Gasteiger partial charge on any atom is 0.381 e. The summed E-state index contributed by atoms with van der Waals surface area (Å²) in [6, 6.07) is 6.03. The van der Waals surface area contributed by atoms with Crippen LogP contribution in [-0.2, 0) is 6.54 Å². The summed E-state index contributed by atoms with van der Waals surface area (Å²) in [5.74, 6) is 0.310. The summed E-state index contributed by atoms with van der Waals surface area (Å²) < 4.78 is 1.62. The van der Waals surface area contributed by atoms with Crippen LogP contribution < -0.4 is 0 Å². The molecule has 1 aromatic heterocycles. The zero-order valence-corrected chi connectivity index (χ0v) is 10.0. The standard InChI is InChI=1S/C11H10N4O4/c1-8-12-11(15(18)19)7-13(8)6-9-2-4-10(5-3-9)14(16)17/h2-5,7H,6H2,1H3. The van der Waals surface area contributed by atoms with E-state index in [1.807, 2.05) is 0 Å². The minimum atomic E-state index is -0.556. The van der Waals surface area contributed by atoms with E-state index in [1.54, 1.807) is 23.6 Å². The van der Waals surface area contributed by atoms with Crippen LogP contribution in [0.25, 0.3) is 0 Å². The molecule has 0 atom stereocenters. The highest BCUT2D eigenvalue weighted by atomic mass is 16.6. The first-order chi connectivity index (χ1) is 8.97. The van der Waals surface area contributed by atoms with Gasteiger partial charge in [0, 0.05) is 19.1 Å². The first-order valence-corrected chi connectivity index (χ1v) is 5.39. The SMILES string of the molecule is Cc1nc([N+](=O)[O-])cn1Cc1ccc([N+](=O)[O-])cc1. The first-order valence-electron chi connectivity index (χ1n) is 5.39. The number of nitrogens with zero attached hydrogens (tertiary/aromatic N) is 4. The molecule has 0 N–H and O–H groups in total. The van der Waals surface area contributed by atoms with E-state index in [4.69, 9.17) is 0 Å². The highest BCUT2D eigenvalue weighted by molar-refractivity contribution is 5.33. The number of imidazole rings is 1. The molecule has 8 nitrogen and oxygen atoms in total. The van der Waals surface area contributed by atoms with Crippen LogP contribution in [0, 0.1) is 27.2 Å². The monoisotopic (exact) mass is 262 g/mol. The molecule has 0 aliphatic rings. The first kappa shape index (κ1) is 12.7. The van der Waals surface area contributed by atoms with Crippen LogP contribution in [0.3, 0.4) is 0 Å². The number of nitro benzene ring substituents is 1. The average molecular weight is 262 g/mol. The second-order valence-electron chi connectivity index (χ2n) is 3.95. The van der Waals surface area contributed by atoms with Crippen molar-refractivity contribution in [3.8, 4) is 0 Å². The minimum Gasteiger partial charge on any atom is -0.358 e. The van der Waals surface area contributed by atoms with E-state index in [2.05, 4.69) is 4.98 Å². The Labute approximate surface area is 107 Å². The molecule has 0 bridgehead atoms. The largest absolute Gasteiger partial charge is 0.381 e. The Hall–Kier alpha value is -2.77. The predicted octanol–water partition coefficient (Wildman–Crippen LogP) is 2.06. The second kappa shape index (κ2) is 4.84. The molecule has 0 saturated carbocycles. The van der Waals surface area contributed by atoms with Crippen LogP contribution in [0.4, 0.5) is 11.5 Å². The van der Waals surface area contributed by atoms with Crippen molar-refractivity contribution in [1.82, 2.24) is 9.55 Å². The van der Waals surface area contributed by atoms with E-state index in [0.717, 1.165) is 5.56 Å². The summed E-state index contributed by atoms with van der Waals surface area (Å²) >= 11 is 0. The number of nitro groups is 2. The molecule has 2 rings (SSSR count). The van der Waals surface area contributed by atoms with E-state index in [-0.39, 0.29) is 11.5 Å². The van der Waals surface area contributed by atoms with Gasteiger partial charge in [0.2, 0.25) is 5.82 Å². The zero-order chi connectivity index (χ0) is 14.0. The summed E-state index contributed by atoms with van der Waals surface area (Å²) in [7, 11) is 0. The lowest BCUT2D eigenvalue weighted by Gasteiger charge is -2.02. The van der Waals surface area contributed by atoms with Crippen LogP contribution in [-0.4, -0.2) is 19.4 Å². The highest BCUT2D eigenvalue weighted by Crippen LogP contribution is 2.15. The third kappa shape index (κ3) is 2.73. The smallest absolute Gasteiger partial charge is 0.358 e. The van der Waals surface area contributed by atoms with Crippen molar-refractivity contribution in [2.24, 2.45) is 0 Å². The highest BCUT2D eigenvalue weighted by Gasteiger charge is 2.15. The molecule has 1 aromatic carbocycles. The van der Waals surface area contributed by atoms with Crippen LogP contribution in [0.1, 0.15) is 11.4 Å². The quantitative estimate of drug-likeness (QED) is 0.619. The van der Waals surface area contributed by atoms with Crippen molar-refractivity contribution in [2.75, 3.05) is 0 Å². The van der Waals surface area contributed by atoms with E-state index in [0.29, 0.717) is 12.4 Å². The van der Waals surface area contributed by atoms with E-state index < -0.39 is 9.85 Å². The Morgan fingerprint density at radius 1 is 1.16 bits per heavy atom. The maximum absolute atomic E-state index is 10.6. The van der Waals surface area contributed by atoms with Crippen molar-refractivity contribution >= 4 is 11.5 Å². The van der Waals surface area contributed by atoms with Gasteiger partial charge in [0.05, 0.1) is 11.5 Å². The molecule has 0 spiro atoms. The van der Waals surface area contributed by atoms with E-state index in [1.165, 1.54) is 18.3 Å². The van der Waals surface area contributed by atoms with Gasteiger partial charge in [-0.1, -0.05) is 12.1 Å². The fourth-order valence-electron chi connectivity index (χ4n) is 1.66. The van der Waals surface area contributed by atoms with Gasteiger partial charge >= 0.3 is 5.82 Å². The van der Waals surface area contributed by atoms with E-state index >= 15 is 0 Å². The molecule has 8 heteroatoms. The molecule has 0 aliphatic heterocycles. The van der Waals surface area contributed by atoms with Crippen molar-refractivity contribution < 1.29 is 9.85 Å². The molecule has 0 fully saturated rings. The average Bonchev–Trinajstić information content (AvgIpc) is 2.72. The Morgan fingerprint density at radius 2 is 1.79 bits per heavy atom. The number of aryl methyl sites for hydroxylation is 1. The number of rotatable bonds is 4. The molecule has 0 aliphatic carbocycles. The fraction of sp³-hybridized carbons (Fsp3) is 0.182. The number of aromatic nitrogens is 2. The van der Waals surface area contributed by atoms with Gasteiger partial charge in [-0.3, -0.25) is 10.1 Å². The lowest BCUT2D eigenvalue weighted by Crippen LogP contribution is -2.00. The molecule has 0 unspecified atom stereocenters. The number of non-ortho nitro benzene ring substituents is 1. The summed E-state index contributed by atoms with van der Waals surface area (Å²) in [4.78, 5) is 23.9. The molecule has 0 amide bonds. The van der Waals surface area contributed by atoms with Gasteiger partial charge in [-0.25, -0.2) is 0 Å². The van der Waals surface area contributed by atoms with Gasteiger partial charge in [-0.2, -0.15) is 0 Å². The summed E-state index contributed by atoms with van der Waals surface area (Å²) in [6.07, 6.45) is 1.34. The van der Waals surface area contributed by atoms with Gasteiger partial charge in [-0.05, 0) is 15.5 Å². The summed E-state index contributed by atoms with van der Waals surface area (Å²) in [5, 5.41) is 21.1. The minimum absolute atomic E-state index is 0.0112. The third-order valence-electron chi connectivity index (χ3n) is 2.65. The normalized spacial score (nSPS) is 10.4. The molecule has 0 saturated heterocycles. The fourth-order valence-corrected chi connectivity index (χ4v) is 1.66. The van der Waals surface area contributed by atoms with Crippen molar-refractivity contribution in [1.29, 1.82) is 0 Å². The van der Waals surface area contributed by atoms with Gasteiger partial charge in [0.1, 0.15) is 6.20 Å². The van der Waals surface area contributed by atoms with Gasteiger partial charge in [-0.15, -0.1) is 0 Å². The molecule has 19 heavy (non-hydrogen) atoms. The van der Waals surface area contributed by atoms with Crippen LogP contribution in [0.2, 0.25) is 0 Å². The van der Waals surface area contributed by atoms with Crippen molar-refractivity contribution in [2.45, 2.75) is 13.5 Å².